The highest BCUT2D eigenvalue weighted by atomic mass is 16.2. The maximum atomic E-state index is 12.2. The molecule has 1 aromatic carbocycles. The second-order valence-electron chi connectivity index (χ2n) is 5.79. The number of nitriles is 1. The number of rotatable bonds is 3. The normalized spacial score (nSPS) is 16.8. The van der Waals surface area contributed by atoms with Gasteiger partial charge < -0.3 is 4.90 Å². The van der Waals surface area contributed by atoms with E-state index in [0.717, 1.165) is 19.6 Å². The van der Waals surface area contributed by atoms with Gasteiger partial charge in [-0.3, -0.25) is 9.69 Å². The van der Waals surface area contributed by atoms with Crippen molar-refractivity contribution in [3.63, 3.8) is 0 Å². The van der Waals surface area contributed by atoms with Gasteiger partial charge in [-0.05, 0) is 19.4 Å². The number of carbonyl (C=O) groups is 1. The maximum Gasteiger partial charge on any atom is 0.242 e. The first-order valence-corrected chi connectivity index (χ1v) is 7.00. The van der Waals surface area contributed by atoms with Crippen molar-refractivity contribution in [1.29, 1.82) is 5.26 Å². The minimum Gasteiger partial charge on any atom is -0.339 e. The van der Waals surface area contributed by atoms with Crippen molar-refractivity contribution in [3.8, 4) is 6.07 Å². The molecule has 2 rings (SSSR count). The number of carbonyl (C=O) groups excluding carboxylic acids is 1. The Bertz CT molecular complexity index is 496. The summed E-state index contributed by atoms with van der Waals surface area (Å²) in [5.74, 6) is -0.0561. The summed E-state index contributed by atoms with van der Waals surface area (Å²) in [6, 6.07) is 12.4. The summed E-state index contributed by atoms with van der Waals surface area (Å²) in [5.41, 5.74) is 0.381. The second-order valence-corrected chi connectivity index (χ2v) is 5.79. The molecular formula is C16H21N3O. The van der Waals surface area contributed by atoms with Crippen LogP contribution in [0.2, 0.25) is 0 Å². The monoisotopic (exact) mass is 271 g/mol. The lowest BCUT2D eigenvalue weighted by molar-refractivity contribution is -0.139. The van der Waals surface area contributed by atoms with E-state index < -0.39 is 5.41 Å². The molecule has 1 aliphatic rings. The Balaban J connectivity index is 1.87. The molecule has 20 heavy (non-hydrogen) atoms. The predicted molar refractivity (Wildman–Crippen MR) is 77.7 cm³/mol. The van der Waals surface area contributed by atoms with Crippen LogP contribution in [0, 0.1) is 16.7 Å². The lowest BCUT2D eigenvalue weighted by atomic mass is 9.93. The van der Waals surface area contributed by atoms with Crippen LogP contribution in [-0.2, 0) is 11.3 Å². The van der Waals surface area contributed by atoms with Gasteiger partial charge in [0, 0.05) is 32.7 Å². The van der Waals surface area contributed by atoms with Crippen LogP contribution in [-0.4, -0.2) is 41.9 Å². The third-order valence-electron chi connectivity index (χ3n) is 3.72. The molecule has 1 aliphatic heterocycles. The van der Waals surface area contributed by atoms with E-state index in [4.69, 9.17) is 5.26 Å². The highest BCUT2D eigenvalue weighted by Crippen LogP contribution is 2.19. The van der Waals surface area contributed by atoms with Crippen molar-refractivity contribution in [3.05, 3.63) is 35.9 Å². The van der Waals surface area contributed by atoms with E-state index in [0.29, 0.717) is 13.1 Å². The Hall–Kier alpha value is -1.86. The van der Waals surface area contributed by atoms with E-state index in [1.807, 2.05) is 23.1 Å². The molecule has 4 nitrogen and oxygen atoms in total. The molecule has 1 aromatic rings. The molecule has 0 atom stereocenters. The number of benzene rings is 1. The van der Waals surface area contributed by atoms with Crippen LogP contribution in [0.5, 0.6) is 0 Å². The second kappa shape index (κ2) is 6.06. The summed E-state index contributed by atoms with van der Waals surface area (Å²) >= 11 is 0. The van der Waals surface area contributed by atoms with Crippen molar-refractivity contribution < 1.29 is 4.79 Å². The maximum absolute atomic E-state index is 12.2. The van der Waals surface area contributed by atoms with Gasteiger partial charge >= 0.3 is 0 Å². The minimum atomic E-state index is -0.915. The third kappa shape index (κ3) is 3.37. The quantitative estimate of drug-likeness (QED) is 0.843. The zero-order valence-electron chi connectivity index (χ0n) is 12.2. The first-order chi connectivity index (χ1) is 9.53. The molecule has 1 saturated heterocycles. The van der Waals surface area contributed by atoms with Crippen molar-refractivity contribution in [2.45, 2.75) is 20.4 Å². The van der Waals surface area contributed by atoms with E-state index in [-0.39, 0.29) is 5.91 Å². The summed E-state index contributed by atoms with van der Waals surface area (Å²) < 4.78 is 0. The third-order valence-corrected chi connectivity index (χ3v) is 3.72. The predicted octanol–water partition coefficient (Wildman–Crippen LogP) is 1.88. The van der Waals surface area contributed by atoms with E-state index in [1.165, 1.54) is 5.56 Å². The Morgan fingerprint density at radius 1 is 1.20 bits per heavy atom. The minimum absolute atomic E-state index is 0.0561. The van der Waals surface area contributed by atoms with Crippen molar-refractivity contribution in [2.75, 3.05) is 26.2 Å². The first kappa shape index (κ1) is 14.5. The lowest BCUT2D eigenvalue weighted by Gasteiger charge is -2.36. The van der Waals surface area contributed by atoms with Gasteiger partial charge in [-0.25, -0.2) is 0 Å². The topological polar surface area (TPSA) is 47.3 Å². The van der Waals surface area contributed by atoms with E-state index in [2.05, 4.69) is 23.1 Å². The van der Waals surface area contributed by atoms with Crippen LogP contribution < -0.4 is 0 Å². The largest absolute Gasteiger partial charge is 0.339 e. The van der Waals surface area contributed by atoms with Gasteiger partial charge in [0.1, 0.15) is 5.41 Å². The fourth-order valence-corrected chi connectivity index (χ4v) is 2.39. The van der Waals surface area contributed by atoms with Crippen LogP contribution in [0.1, 0.15) is 19.4 Å². The fraction of sp³-hybridized carbons (Fsp3) is 0.500. The molecule has 0 unspecified atom stereocenters. The first-order valence-electron chi connectivity index (χ1n) is 7.00. The molecule has 0 saturated carbocycles. The molecule has 1 amide bonds. The van der Waals surface area contributed by atoms with Gasteiger partial charge in [-0.1, -0.05) is 30.3 Å². The molecule has 0 N–H and O–H groups in total. The fourth-order valence-electron chi connectivity index (χ4n) is 2.39. The van der Waals surface area contributed by atoms with Crippen LogP contribution in [0.25, 0.3) is 0 Å². The summed E-state index contributed by atoms with van der Waals surface area (Å²) in [5, 5.41) is 9.03. The molecule has 0 aromatic heterocycles. The average molecular weight is 271 g/mol. The number of hydrogen-bond donors (Lipinski definition) is 0. The van der Waals surface area contributed by atoms with Crippen LogP contribution in [0.15, 0.2) is 30.3 Å². The molecule has 0 bridgehead atoms. The molecule has 1 fully saturated rings. The van der Waals surface area contributed by atoms with Crippen molar-refractivity contribution in [1.82, 2.24) is 9.80 Å². The molecule has 0 aliphatic carbocycles. The van der Waals surface area contributed by atoms with Gasteiger partial charge in [0.25, 0.3) is 0 Å². The van der Waals surface area contributed by atoms with Gasteiger partial charge in [0.05, 0.1) is 6.07 Å². The van der Waals surface area contributed by atoms with Gasteiger partial charge in [0.2, 0.25) is 5.91 Å². The number of nitrogens with zero attached hydrogens (tertiary/aromatic N) is 3. The number of piperazine rings is 1. The smallest absolute Gasteiger partial charge is 0.242 e. The number of hydrogen-bond acceptors (Lipinski definition) is 3. The lowest BCUT2D eigenvalue weighted by Crippen LogP contribution is -2.51. The summed E-state index contributed by atoms with van der Waals surface area (Å²) in [6.45, 7) is 7.43. The van der Waals surface area contributed by atoms with Gasteiger partial charge in [0.15, 0.2) is 0 Å². The highest BCUT2D eigenvalue weighted by molar-refractivity contribution is 5.84. The molecule has 1 heterocycles. The molecule has 0 spiro atoms. The summed E-state index contributed by atoms with van der Waals surface area (Å²) in [6.07, 6.45) is 0. The van der Waals surface area contributed by atoms with Crippen molar-refractivity contribution >= 4 is 5.91 Å². The van der Waals surface area contributed by atoms with Crippen molar-refractivity contribution in [2.24, 2.45) is 5.41 Å². The molecule has 0 radical (unpaired) electrons. The molecule has 106 valence electrons. The van der Waals surface area contributed by atoms with Crippen LogP contribution >= 0.6 is 0 Å². The van der Waals surface area contributed by atoms with E-state index in [9.17, 15) is 4.79 Å². The SMILES string of the molecule is CC(C)(C#N)C(=O)N1CCN(Cc2ccccc2)CC1. The average Bonchev–Trinajstić information content (AvgIpc) is 2.48. The van der Waals surface area contributed by atoms with E-state index in [1.54, 1.807) is 13.8 Å². The highest BCUT2D eigenvalue weighted by Gasteiger charge is 2.33. The zero-order chi connectivity index (χ0) is 14.6. The summed E-state index contributed by atoms with van der Waals surface area (Å²) in [7, 11) is 0. The Labute approximate surface area is 120 Å². The van der Waals surface area contributed by atoms with Gasteiger partial charge in [-0.15, -0.1) is 0 Å². The molecular weight excluding hydrogens is 250 g/mol. The van der Waals surface area contributed by atoms with Crippen LogP contribution in [0.4, 0.5) is 0 Å². The number of amides is 1. The Morgan fingerprint density at radius 2 is 1.80 bits per heavy atom. The molecule has 4 heteroatoms. The Kier molecular flexibility index (Phi) is 4.41. The van der Waals surface area contributed by atoms with Gasteiger partial charge in [-0.2, -0.15) is 5.26 Å². The summed E-state index contributed by atoms with van der Waals surface area (Å²) in [4.78, 5) is 16.4. The zero-order valence-corrected chi connectivity index (χ0v) is 12.2. The van der Waals surface area contributed by atoms with Crippen LogP contribution in [0.3, 0.4) is 0 Å². The standard InChI is InChI=1S/C16H21N3O/c1-16(2,13-17)15(20)19-10-8-18(9-11-19)12-14-6-4-3-5-7-14/h3-7H,8-12H2,1-2H3. The van der Waals surface area contributed by atoms with E-state index >= 15 is 0 Å². The Morgan fingerprint density at radius 3 is 2.35 bits per heavy atom.